The zero-order valence-corrected chi connectivity index (χ0v) is 11.6. The molecule has 0 bridgehead atoms. The zero-order valence-electron chi connectivity index (χ0n) is 10.7. The largest absolute Gasteiger partial charge is 0.396 e. The van der Waals surface area contributed by atoms with Gasteiger partial charge in [0, 0.05) is 24.0 Å². The van der Waals surface area contributed by atoms with Gasteiger partial charge in [-0.05, 0) is 19.1 Å². The smallest absolute Gasteiger partial charge is 0.254 e. The van der Waals surface area contributed by atoms with Gasteiger partial charge in [-0.15, -0.1) is 11.3 Å². The number of aromatic nitrogens is 1. The average molecular weight is 297 g/mol. The summed E-state index contributed by atoms with van der Waals surface area (Å²) in [5.74, 6) is -2.35. The van der Waals surface area contributed by atoms with E-state index in [1.165, 1.54) is 11.3 Å². The van der Waals surface area contributed by atoms with Crippen molar-refractivity contribution in [2.75, 3.05) is 12.3 Å². The van der Waals surface area contributed by atoms with Crippen molar-refractivity contribution in [3.8, 4) is 0 Å². The first-order chi connectivity index (χ1) is 9.47. The number of anilines is 1. The van der Waals surface area contributed by atoms with Gasteiger partial charge in [-0.1, -0.05) is 0 Å². The third-order valence-corrected chi connectivity index (χ3v) is 3.63. The Balaban J connectivity index is 1.98. The Morgan fingerprint density at radius 2 is 2.20 bits per heavy atom. The van der Waals surface area contributed by atoms with Crippen molar-refractivity contribution in [2.45, 2.75) is 13.3 Å². The monoisotopic (exact) mass is 297 g/mol. The molecule has 3 N–H and O–H groups in total. The third kappa shape index (κ3) is 3.30. The number of nitrogens with two attached hydrogens (primary N) is 1. The number of nitrogens with zero attached hydrogens (tertiary/aromatic N) is 1. The van der Waals surface area contributed by atoms with E-state index in [9.17, 15) is 13.6 Å². The summed E-state index contributed by atoms with van der Waals surface area (Å²) in [5.41, 5.74) is 5.42. The van der Waals surface area contributed by atoms with Crippen LogP contribution in [0.1, 0.15) is 21.1 Å². The van der Waals surface area contributed by atoms with Crippen molar-refractivity contribution < 1.29 is 13.6 Å². The summed E-state index contributed by atoms with van der Waals surface area (Å²) in [6.07, 6.45) is 0.538. The number of amides is 1. The van der Waals surface area contributed by atoms with E-state index in [-0.39, 0.29) is 5.69 Å². The summed E-state index contributed by atoms with van der Waals surface area (Å²) in [6, 6.07) is 1.67. The number of hydrogen-bond donors (Lipinski definition) is 2. The highest BCUT2D eigenvalue weighted by Crippen LogP contribution is 2.17. The van der Waals surface area contributed by atoms with Crippen molar-refractivity contribution >= 4 is 22.9 Å². The van der Waals surface area contributed by atoms with Crippen LogP contribution in [0.2, 0.25) is 0 Å². The molecule has 1 aromatic heterocycles. The highest BCUT2D eigenvalue weighted by Gasteiger charge is 2.15. The van der Waals surface area contributed by atoms with Crippen LogP contribution in [-0.4, -0.2) is 17.4 Å². The molecular weight excluding hydrogens is 284 g/mol. The number of benzene rings is 1. The van der Waals surface area contributed by atoms with Gasteiger partial charge in [-0.2, -0.15) is 0 Å². The molecule has 0 saturated carbocycles. The predicted molar refractivity (Wildman–Crippen MR) is 73.7 cm³/mol. The van der Waals surface area contributed by atoms with E-state index in [4.69, 9.17) is 5.73 Å². The Hall–Kier alpha value is -2.02. The van der Waals surface area contributed by atoms with Crippen LogP contribution >= 0.6 is 11.3 Å². The maximum absolute atomic E-state index is 13.6. The molecule has 2 aromatic rings. The summed E-state index contributed by atoms with van der Waals surface area (Å²) < 4.78 is 26.7. The Kier molecular flexibility index (Phi) is 4.29. The summed E-state index contributed by atoms with van der Waals surface area (Å²) in [5, 5.41) is 5.30. The SMILES string of the molecule is Cc1csc(CCNC(=O)c2cc(F)cc(N)c2F)n1. The molecule has 0 spiro atoms. The van der Waals surface area contributed by atoms with E-state index in [0.29, 0.717) is 13.0 Å². The third-order valence-electron chi connectivity index (χ3n) is 2.60. The molecule has 7 heteroatoms. The number of carbonyl (C=O) groups excluding carboxylic acids is 1. The Morgan fingerprint density at radius 1 is 1.45 bits per heavy atom. The number of nitrogen functional groups attached to an aromatic ring is 1. The Morgan fingerprint density at radius 3 is 2.85 bits per heavy atom. The second-order valence-corrected chi connectivity index (χ2v) is 5.19. The highest BCUT2D eigenvalue weighted by atomic mass is 32.1. The molecule has 0 aliphatic heterocycles. The minimum absolute atomic E-state index is 0.293. The fourth-order valence-corrected chi connectivity index (χ4v) is 2.45. The van der Waals surface area contributed by atoms with Gasteiger partial charge in [0.25, 0.3) is 5.91 Å². The summed E-state index contributed by atoms with van der Waals surface area (Å²) in [4.78, 5) is 16.0. The first-order valence-electron chi connectivity index (χ1n) is 5.91. The highest BCUT2D eigenvalue weighted by molar-refractivity contribution is 7.09. The first kappa shape index (κ1) is 14.4. The van der Waals surface area contributed by atoms with Gasteiger partial charge in [0.1, 0.15) is 5.82 Å². The number of halogens is 2. The van der Waals surface area contributed by atoms with Crippen molar-refractivity contribution in [1.82, 2.24) is 10.3 Å². The lowest BCUT2D eigenvalue weighted by atomic mass is 10.1. The van der Waals surface area contributed by atoms with Crippen LogP contribution in [0.4, 0.5) is 14.5 Å². The van der Waals surface area contributed by atoms with Crippen LogP contribution in [-0.2, 0) is 6.42 Å². The lowest BCUT2D eigenvalue weighted by Gasteiger charge is -2.07. The molecule has 0 fully saturated rings. The minimum atomic E-state index is -0.908. The molecule has 106 valence electrons. The van der Waals surface area contributed by atoms with E-state index >= 15 is 0 Å². The molecule has 0 atom stereocenters. The summed E-state index contributed by atoms with van der Waals surface area (Å²) in [6.45, 7) is 2.17. The molecule has 2 rings (SSSR count). The molecule has 0 saturated heterocycles. The van der Waals surface area contributed by atoms with Gasteiger partial charge in [0.2, 0.25) is 0 Å². The summed E-state index contributed by atoms with van der Waals surface area (Å²) >= 11 is 1.49. The maximum Gasteiger partial charge on any atom is 0.254 e. The van der Waals surface area contributed by atoms with Crippen LogP contribution < -0.4 is 11.1 Å². The van der Waals surface area contributed by atoms with Gasteiger partial charge in [-0.25, -0.2) is 13.8 Å². The second-order valence-electron chi connectivity index (χ2n) is 4.25. The Labute approximate surface area is 118 Å². The molecule has 0 aliphatic rings. The molecular formula is C13H13F2N3OS. The average Bonchev–Trinajstić information content (AvgIpc) is 2.79. The van der Waals surface area contributed by atoms with Crippen LogP contribution in [0, 0.1) is 18.6 Å². The number of nitrogens with one attached hydrogen (secondary N) is 1. The lowest BCUT2D eigenvalue weighted by molar-refractivity contribution is 0.0949. The van der Waals surface area contributed by atoms with E-state index in [1.807, 2.05) is 12.3 Å². The van der Waals surface area contributed by atoms with Gasteiger partial charge in [0.05, 0.1) is 16.3 Å². The molecule has 20 heavy (non-hydrogen) atoms. The molecule has 4 nitrogen and oxygen atoms in total. The van der Waals surface area contributed by atoms with E-state index in [1.54, 1.807) is 0 Å². The van der Waals surface area contributed by atoms with Gasteiger partial charge in [0.15, 0.2) is 5.82 Å². The number of thiazole rings is 1. The first-order valence-corrected chi connectivity index (χ1v) is 6.79. The number of aryl methyl sites for hydroxylation is 1. The maximum atomic E-state index is 13.6. The fraction of sp³-hybridized carbons (Fsp3) is 0.231. The second kappa shape index (κ2) is 5.96. The summed E-state index contributed by atoms with van der Waals surface area (Å²) in [7, 11) is 0. The van der Waals surface area contributed by atoms with Crippen LogP contribution in [0.5, 0.6) is 0 Å². The van der Waals surface area contributed by atoms with Gasteiger partial charge >= 0.3 is 0 Å². The lowest BCUT2D eigenvalue weighted by Crippen LogP contribution is -2.27. The van der Waals surface area contributed by atoms with Crippen molar-refractivity contribution in [2.24, 2.45) is 0 Å². The Bertz CT molecular complexity index is 643. The molecule has 0 aliphatic carbocycles. The topological polar surface area (TPSA) is 68.0 Å². The molecule has 0 unspecified atom stereocenters. The molecule has 1 amide bonds. The number of rotatable bonds is 4. The fourth-order valence-electron chi connectivity index (χ4n) is 1.67. The van der Waals surface area contributed by atoms with E-state index in [2.05, 4.69) is 10.3 Å². The number of hydrogen-bond acceptors (Lipinski definition) is 4. The van der Waals surface area contributed by atoms with Crippen molar-refractivity contribution in [3.63, 3.8) is 0 Å². The number of carbonyl (C=O) groups is 1. The quantitative estimate of drug-likeness (QED) is 0.851. The van der Waals surface area contributed by atoms with Crippen molar-refractivity contribution in [1.29, 1.82) is 0 Å². The standard InChI is InChI=1S/C13H13F2N3OS/c1-7-6-20-11(18-7)2-3-17-13(19)9-4-8(14)5-10(16)12(9)15/h4-6H,2-3,16H2,1H3,(H,17,19). The minimum Gasteiger partial charge on any atom is -0.396 e. The van der Waals surface area contributed by atoms with E-state index in [0.717, 1.165) is 22.8 Å². The normalized spacial score (nSPS) is 10.6. The van der Waals surface area contributed by atoms with Crippen LogP contribution in [0.25, 0.3) is 0 Å². The van der Waals surface area contributed by atoms with Crippen molar-refractivity contribution in [3.05, 3.63) is 45.4 Å². The predicted octanol–water partition coefficient (Wildman–Crippen LogP) is 2.28. The molecule has 1 aromatic carbocycles. The molecule has 1 heterocycles. The van der Waals surface area contributed by atoms with Crippen LogP contribution in [0.3, 0.4) is 0 Å². The van der Waals surface area contributed by atoms with Gasteiger partial charge < -0.3 is 11.1 Å². The van der Waals surface area contributed by atoms with Crippen LogP contribution in [0.15, 0.2) is 17.5 Å². The van der Waals surface area contributed by atoms with E-state index < -0.39 is 23.1 Å². The zero-order chi connectivity index (χ0) is 14.7. The molecule has 0 radical (unpaired) electrons. The van der Waals surface area contributed by atoms with Gasteiger partial charge in [-0.3, -0.25) is 4.79 Å².